The van der Waals surface area contributed by atoms with Crippen molar-refractivity contribution in [3.8, 4) is 0 Å². The molecule has 8 heteroatoms. The van der Waals surface area contributed by atoms with Crippen LogP contribution in [0.15, 0.2) is 97.3 Å². The first kappa shape index (κ1) is 27.4. The van der Waals surface area contributed by atoms with E-state index >= 15 is 0 Å². The van der Waals surface area contributed by atoms with Gasteiger partial charge in [0.1, 0.15) is 18.0 Å². The number of hydrogen-bond acceptors (Lipinski definition) is 4. The van der Waals surface area contributed by atoms with E-state index in [1.54, 1.807) is 6.33 Å². The van der Waals surface area contributed by atoms with E-state index in [-0.39, 0.29) is 0 Å². The maximum Gasteiger partial charge on any atom is 0.692 e. The molecule has 1 aromatic heterocycles. The van der Waals surface area contributed by atoms with Crippen molar-refractivity contribution in [3.63, 3.8) is 0 Å². The Morgan fingerprint density at radius 2 is 1.19 bits per heavy atom. The summed E-state index contributed by atoms with van der Waals surface area (Å²) in [7, 11) is -2.87. The fourth-order valence-corrected chi connectivity index (χ4v) is 4.68. The van der Waals surface area contributed by atoms with Gasteiger partial charge in [-0.2, -0.15) is 5.10 Å². The van der Waals surface area contributed by atoms with Crippen molar-refractivity contribution in [2.24, 2.45) is 5.92 Å². The Labute approximate surface area is 213 Å². The van der Waals surface area contributed by atoms with Crippen molar-refractivity contribution in [3.05, 3.63) is 120 Å². The van der Waals surface area contributed by atoms with Gasteiger partial charge in [0.15, 0.2) is 5.82 Å². The standard InChI is InChI=1S/C28H31N3O.HO3P/c1-3-22(4-2)20-26(32)27-29-21-30-31(27)28(23-14-8-5-9-15-23,24-16-10-6-11-17-24)25-18-12-7-13-19-25;1-4(2)3/h5-19,21-22,26,32H,3-4,20H2,1-2H3;(H-,1,2,3)/p+1. The SMILES string of the molecule is CCC(CC)CC(O)c1ncnn1C(c1ccccc1)(c1ccccc1)c1ccccc1.O=[P+](O)O. The molecule has 36 heavy (non-hydrogen) atoms. The molecule has 4 aromatic rings. The predicted molar refractivity (Wildman–Crippen MR) is 140 cm³/mol. The monoisotopic (exact) mass is 506 g/mol. The summed E-state index contributed by atoms with van der Waals surface area (Å²) in [6.45, 7) is 4.35. The molecule has 0 saturated heterocycles. The molecule has 0 amide bonds. The van der Waals surface area contributed by atoms with E-state index in [0.717, 1.165) is 29.5 Å². The topological polar surface area (TPSA) is 108 Å². The first-order valence-corrected chi connectivity index (χ1v) is 13.2. The van der Waals surface area contributed by atoms with Gasteiger partial charge in [-0.15, -0.1) is 9.79 Å². The van der Waals surface area contributed by atoms with E-state index in [1.165, 1.54) is 0 Å². The Morgan fingerprint density at radius 1 is 0.806 bits per heavy atom. The van der Waals surface area contributed by atoms with Crippen LogP contribution < -0.4 is 0 Å². The summed E-state index contributed by atoms with van der Waals surface area (Å²) in [5.41, 5.74) is 2.45. The number of nitrogens with zero attached hydrogens (tertiary/aromatic N) is 3. The number of rotatable bonds is 9. The van der Waals surface area contributed by atoms with E-state index in [0.29, 0.717) is 18.2 Å². The second kappa shape index (κ2) is 13.2. The van der Waals surface area contributed by atoms with Crippen molar-refractivity contribution in [1.29, 1.82) is 0 Å². The molecule has 7 nitrogen and oxygen atoms in total. The number of hydrogen-bond donors (Lipinski definition) is 3. The summed E-state index contributed by atoms with van der Waals surface area (Å²) in [6.07, 6.45) is 3.60. The third-order valence-corrected chi connectivity index (χ3v) is 6.48. The number of aliphatic hydroxyl groups excluding tert-OH is 1. The van der Waals surface area contributed by atoms with Crippen molar-refractivity contribution in [2.75, 3.05) is 0 Å². The highest BCUT2D eigenvalue weighted by Crippen LogP contribution is 2.42. The quantitative estimate of drug-likeness (QED) is 0.201. The van der Waals surface area contributed by atoms with Gasteiger partial charge in [-0.3, -0.25) is 0 Å². The molecule has 4 rings (SSSR count). The van der Waals surface area contributed by atoms with Crippen molar-refractivity contribution in [1.82, 2.24) is 14.8 Å². The molecule has 0 aliphatic heterocycles. The van der Waals surface area contributed by atoms with Crippen LogP contribution in [0.2, 0.25) is 0 Å². The fourth-order valence-electron chi connectivity index (χ4n) is 4.68. The zero-order valence-electron chi connectivity index (χ0n) is 20.6. The van der Waals surface area contributed by atoms with Crippen molar-refractivity contribution < 1.29 is 19.5 Å². The Hall–Kier alpha value is -3.22. The summed E-state index contributed by atoms with van der Waals surface area (Å²) >= 11 is 0. The molecule has 0 bridgehead atoms. The van der Waals surface area contributed by atoms with Gasteiger partial charge < -0.3 is 5.11 Å². The van der Waals surface area contributed by atoms with Gasteiger partial charge in [0, 0.05) is 4.57 Å². The lowest BCUT2D eigenvalue weighted by Crippen LogP contribution is -2.40. The van der Waals surface area contributed by atoms with Crippen LogP contribution in [0.25, 0.3) is 0 Å². The van der Waals surface area contributed by atoms with Gasteiger partial charge in [-0.25, -0.2) is 9.67 Å². The van der Waals surface area contributed by atoms with Crippen molar-refractivity contribution >= 4 is 8.25 Å². The van der Waals surface area contributed by atoms with E-state index in [2.05, 4.69) is 55.2 Å². The minimum atomic E-state index is -2.87. The largest absolute Gasteiger partial charge is 0.692 e. The first-order valence-electron chi connectivity index (χ1n) is 12.0. The van der Waals surface area contributed by atoms with Crippen LogP contribution in [0, 0.1) is 5.92 Å². The van der Waals surface area contributed by atoms with Gasteiger partial charge in [0.25, 0.3) is 0 Å². The van der Waals surface area contributed by atoms with Crippen LogP contribution in [-0.4, -0.2) is 29.7 Å². The molecule has 1 unspecified atom stereocenters. The van der Waals surface area contributed by atoms with Gasteiger partial charge in [0.05, 0.1) is 0 Å². The third kappa shape index (κ3) is 6.12. The Morgan fingerprint density at radius 3 is 1.56 bits per heavy atom. The van der Waals surface area contributed by atoms with Gasteiger partial charge >= 0.3 is 8.25 Å². The van der Waals surface area contributed by atoms with Gasteiger partial charge in [0.2, 0.25) is 0 Å². The smallest absolute Gasteiger partial charge is 0.385 e. The van der Waals surface area contributed by atoms with E-state index in [4.69, 9.17) is 19.5 Å². The maximum absolute atomic E-state index is 11.3. The Kier molecular flexibility index (Phi) is 10.0. The second-order valence-corrected chi connectivity index (χ2v) is 9.03. The predicted octanol–water partition coefficient (Wildman–Crippen LogP) is 5.61. The Balaban J connectivity index is 0.000000840. The minimum Gasteiger partial charge on any atom is -0.385 e. The molecule has 0 fully saturated rings. The Bertz CT molecular complexity index is 1100. The van der Waals surface area contributed by atoms with Crippen LogP contribution in [0.1, 0.15) is 61.7 Å². The van der Waals surface area contributed by atoms with E-state index in [1.807, 2.05) is 59.3 Å². The average molecular weight is 507 g/mol. The minimum absolute atomic E-state index is 0.440. The molecule has 3 N–H and O–H groups in total. The number of benzene rings is 3. The highest BCUT2D eigenvalue weighted by Gasteiger charge is 2.42. The normalized spacial score (nSPS) is 12.1. The molecule has 3 aromatic carbocycles. The molecule has 1 heterocycles. The lowest BCUT2D eigenvalue weighted by molar-refractivity contribution is 0.123. The highest BCUT2D eigenvalue weighted by molar-refractivity contribution is 7.30. The zero-order valence-corrected chi connectivity index (χ0v) is 21.4. The van der Waals surface area contributed by atoms with Crippen LogP contribution in [0.5, 0.6) is 0 Å². The van der Waals surface area contributed by atoms with Crippen LogP contribution >= 0.6 is 8.25 Å². The number of aliphatic hydroxyl groups is 1. The summed E-state index contributed by atoms with van der Waals surface area (Å²) in [6, 6.07) is 31.1. The molecular formula is C28H33N3O4P+. The lowest BCUT2D eigenvalue weighted by Gasteiger charge is -2.37. The summed E-state index contributed by atoms with van der Waals surface area (Å²) < 4.78 is 10.6. The van der Waals surface area contributed by atoms with Crippen molar-refractivity contribution in [2.45, 2.75) is 44.8 Å². The van der Waals surface area contributed by atoms with E-state index in [9.17, 15) is 5.11 Å². The van der Waals surface area contributed by atoms with Crippen LogP contribution in [-0.2, 0) is 10.1 Å². The highest BCUT2D eigenvalue weighted by atomic mass is 31.1. The fraction of sp³-hybridized carbons (Fsp3) is 0.286. The lowest BCUT2D eigenvalue weighted by atomic mass is 9.77. The summed E-state index contributed by atoms with van der Waals surface area (Å²) in [4.78, 5) is 18.8. The van der Waals surface area contributed by atoms with Crippen LogP contribution in [0.3, 0.4) is 0 Å². The molecule has 188 valence electrons. The van der Waals surface area contributed by atoms with Gasteiger partial charge in [-0.05, 0) is 29.0 Å². The van der Waals surface area contributed by atoms with Gasteiger partial charge in [-0.1, -0.05) is 118 Å². The maximum atomic E-state index is 11.3. The first-order chi connectivity index (χ1) is 17.4. The third-order valence-electron chi connectivity index (χ3n) is 6.48. The molecule has 0 aliphatic carbocycles. The average Bonchev–Trinajstić information content (AvgIpc) is 3.40. The summed E-state index contributed by atoms with van der Waals surface area (Å²) in [5.74, 6) is 1.03. The van der Waals surface area contributed by atoms with E-state index < -0.39 is 19.9 Å². The second-order valence-electron chi connectivity index (χ2n) is 8.53. The molecule has 1 atom stereocenters. The molecule has 0 spiro atoms. The summed E-state index contributed by atoms with van der Waals surface area (Å²) in [5, 5.41) is 16.0. The molecule has 0 radical (unpaired) electrons. The molecule has 0 aliphatic rings. The zero-order chi connectivity index (χ0) is 26.0. The van der Waals surface area contributed by atoms with Crippen LogP contribution in [0.4, 0.5) is 0 Å². The number of aromatic nitrogens is 3. The molecular weight excluding hydrogens is 473 g/mol. The molecule has 0 saturated carbocycles.